The monoisotopic (exact) mass is 528 g/mol. The topological polar surface area (TPSA) is 74.7 Å². The number of rotatable bonds is 4. The lowest BCUT2D eigenvalue weighted by atomic mass is 10.1. The van der Waals surface area contributed by atoms with Crippen LogP contribution in [0.4, 0.5) is 15.8 Å². The minimum absolute atomic E-state index is 0.00240. The van der Waals surface area contributed by atoms with Crippen LogP contribution >= 0.6 is 15.9 Å². The SMILES string of the molecule is CCn1cc(C(=O)Nc2ccc(Br)cc2C)c(=O)c2cc(F)c(N3CCN(C(C)=O)CC3)cc21. The molecule has 2 heterocycles. The van der Waals surface area contributed by atoms with E-state index < -0.39 is 17.2 Å². The van der Waals surface area contributed by atoms with Crippen LogP contribution in [0.2, 0.25) is 0 Å². The summed E-state index contributed by atoms with van der Waals surface area (Å²) in [5, 5.41) is 2.95. The number of benzene rings is 2. The zero-order valence-electron chi connectivity index (χ0n) is 19.3. The van der Waals surface area contributed by atoms with Gasteiger partial charge in [0.25, 0.3) is 5.91 Å². The summed E-state index contributed by atoms with van der Waals surface area (Å²) in [5.41, 5.74) is 1.84. The lowest BCUT2D eigenvalue weighted by Crippen LogP contribution is -2.48. The second-order valence-corrected chi connectivity index (χ2v) is 9.30. The molecule has 0 aliphatic carbocycles. The maximum atomic E-state index is 15.2. The molecule has 1 fully saturated rings. The summed E-state index contributed by atoms with van der Waals surface area (Å²) in [5.74, 6) is -1.06. The molecule has 9 heteroatoms. The fourth-order valence-corrected chi connectivity index (χ4v) is 4.76. The maximum absolute atomic E-state index is 15.2. The molecule has 0 saturated carbocycles. The van der Waals surface area contributed by atoms with E-state index >= 15 is 4.39 Å². The number of aromatic nitrogens is 1. The van der Waals surface area contributed by atoms with Crippen LogP contribution < -0.4 is 15.6 Å². The predicted octanol–water partition coefficient (Wildman–Crippen LogP) is 4.15. The van der Waals surface area contributed by atoms with Crippen LogP contribution in [0.15, 0.2) is 45.8 Å². The Bertz CT molecular complexity index is 1350. The van der Waals surface area contributed by atoms with E-state index in [1.165, 1.54) is 19.2 Å². The van der Waals surface area contributed by atoms with Gasteiger partial charge in [0.05, 0.1) is 11.2 Å². The van der Waals surface area contributed by atoms with Gasteiger partial charge in [0.2, 0.25) is 11.3 Å². The molecule has 4 rings (SSSR count). The molecule has 0 atom stereocenters. The van der Waals surface area contributed by atoms with Crippen molar-refractivity contribution in [3.8, 4) is 0 Å². The molecule has 3 aromatic rings. The van der Waals surface area contributed by atoms with Gasteiger partial charge in [-0.2, -0.15) is 0 Å². The van der Waals surface area contributed by atoms with Crippen molar-refractivity contribution in [2.75, 3.05) is 36.4 Å². The predicted molar refractivity (Wildman–Crippen MR) is 135 cm³/mol. The summed E-state index contributed by atoms with van der Waals surface area (Å²) in [7, 11) is 0. The molecule has 0 bridgehead atoms. The first-order chi connectivity index (χ1) is 16.2. The number of fused-ring (bicyclic) bond motifs is 1. The average molecular weight is 529 g/mol. The summed E-state index contributed by atoms with van der Waals surface area (Å²) in [4.78, 5) is 41.4. The number of amides is 2. The second kappa shape index (κ2) is 9.58. The number of anilines is 2. The van der Waals surface area contributed by atoms with Gasteiger partial charge < -0.3 is 19.7 Å². The third-order valence-electron chi connectivity index (χ3n) is 6.24. The van der Waals surface area contributed by atoms with E-state index in [2.05, 4.69) is 21.2 Å². The van der Waals surface area contributed by atoms with Gasteiger partial charge in [0, 0.05) is 61.4 Å². The molecule has 0 spiro atoms. The summed E-state index contributed by atoms with van der Waals surface area (Å²) in [6.45, 7) is 7.83. The molecule has 1 saturated heterocycles. The first-order valence-electron chi connectivity index (χ1n) is 11.1. The van der Waals surface area contributed by atoms with Crippen LogP contribution in [-0.4, -0.2) is 47.5 Å². The zero-order valence-corrected chi connectivity index (χ0v) is 20.9. The van der Waals surface area contributed by atoms with Crippen LogP contribution in [0.5, 0.6) is 0 Å². The number of pyridine rings is 1. The van der Waals surface area contributed by atoms with Crippen LogP contribution in [0.25, 0.3) is 10.9 Å². The third kappa shape index (κ3) is 4.57. The van der Waals surface area contributed by atoms with Gasteiger partial charge in [-0.1, -0.05) is 15.9 Å². The van der Waals surface area contributed by atoms with E-state index in [4.69, 9.17) is 0 Å². The summed E-state index contributed by atoms with van der Waals surface area (Å²) in [6.07, 6.45) is 1.53. The van der Waals surface area contributed by atoms with Crippen LogP contribution in [0.1, 0.15) is 29.8 Å². The summed E-state index contributed by atoms with van der Waals surface area (Å²) >= 11 is 3.39. The van der Waals surface area contributed by atoms with Crippen molar-refractivity contribution < 1.29 is 14.0 Å². The molecule has 2 aromatic carbocycles. The highest BCUT2D eigenvalue weighted by atomic mass is 79.9. The quantitative estimate of drug-likeness (QED) is 0.551. The molecule has 2 amide bonds. The number of halogens is 2. The first kappa shape index (κ1) is 23.9. The van der Waals surface area contributed by atoms with Gasteiger partial charge in [-0.3, -0.25) is 14.4 Å². The summed E-state index contributed by atoms with van der Waals surface area (Å²) < 4.78 is 17.8. The smallest absolute Gasteiger partial charge is 0.261 e. The van der Waals surface area contributed by atoms with Crippen molar-refractivity contribution in [3.05, 3.63) is 68.2 Å². The first-order valence-corrected chi connectivity index (χ1v) is 11.9. The van der Waals surface area contributed by atoms with Gasteiger partial charge in [-0.05, 0) is 49.7 Å². The molecule has 1 aliphatic rings. The second-order valence-electron chi connectivity index (χ2n) is 8.39. The van der Waals surface area contributed by atoms with Crippen molar-refractivity contribution >= 4 is 50.0 Å². The molecular weight excluding hydrogens is 503 g/mol. The van der Waals surface area contributed by atoms with Crippen LogP contribution in [0.3, 0.4) is 0 Å². The highest BCUT2D eigenvalue weighted by molar-refractivity contribution is 9.10. The molecule has 0 radical (unpaired) electrons. The molecule has 7 nitrogen and oxygen atoms in total. The fraction of sp³-hybridized carbons (Fsp3) is 0.320. The Labute approximate surface area is 205 Å². The van der Waals surface area contributed by atoms with Crippen LogP contribution in [-0.2, 0) is 11.3 Å². The largest absolute Gasteiger partial charge is 0.366 e. The van der Waals surface area contributed by atoms with Gasteiger partial charge in [-0.15, -0.1) is 0 Å². The van der Waals surface area contributed by atoms with Crippen molar-refractivity contribution in [1.82, 2.24) is 9.47 Å². The number of piperazine rings is 1. The van der Waals surface area contributed by atoms with Crippen molar-refractivity contribution in [2.24, 2.45) is 0 Å². The average Bonchev–Trinajstić information content (AvgIpc) is 2.81. The Balaban J connectivity index is 1.71. The van der Waals surface area contributed by atoms with E-state index in [1.54, 1.807) is 27.7 Å². The highest BCUT2D eigenvalue weighted by Crippen LogP contribution is 2.27. The van der Waals surface area contributed by atoms with Gasteiger partial charge >= 0.3 is 0 Å². The van der Waals surface area contributed by atoms with Gasteiger partial charge in [0.1, 0.15) is 11.4 Å². The summed E-state index contributed by atoms with van der Waals surface area (Å²) in [6, 6.07) is 8.32. The number of hydrogen-bond donors (Lipinski definition) is 1. The van der Waals surface area contributed by atoms with Gasteiger partial charge in [0.15, 0.2) is 0 Å². The number of carbonyl (C=O) groups excluding carboxylic acids is 2. The van der Waals surface area contributed by atoms with E-state index in [0.29, 0.717) is 49.6 Å². The Morgan fingerprint density at radius 2 is 1.82 bits per heavy atom. The molecule has 1 aliphatic heterocycles. The highest BCUT2D eigenvalue weighted by Gasteiger charge is 2.23. The Hall–Kier alpha value is -3.20. The minimum Gasteiger partial charge on any atom is -0.366 e. The Morgan fingerprint density at radius 1 is 1.12 bits per heavy atom. The third-order valence-corrected chi connectivity index (χ3v) is 6.73. The normalized spacial score (nSPS) is 13.9. The van der Waals surface area contributed by atoms with Crippen LogP contribution in [0, 0.1) is 12.7 Å². The molecule has 34 heavy (non-hydrogen) atoms. The number of aryl methyl sites for hydroxylation is 2. The lowest BCUT2D eigenvalue weighted by molar-refractivity contribution is -0.129. The number of hydrogen-bond acceptors (Lipinski definition) is 4. The van der Waals surface area contributed by atoms with Crippen molar-refractivity contribution in [1.29, 1.82) is 0 Å². The molecular formula is C25H26BrFN4O3. The van der Waals surface area contributed by atoms with E-state index in [0.717, 1.165) is 10.0 Å². The van der Waals surface area contributed by atoms with Gasteiger partial charge in [-0.25, -0.2) is 4.39 Å². The lowest BCUT2D eigenvalue weighted by Gasteiger charge is -2.36. The number of nitrogens with one attached hydrogen (secondary N) is 1. The molecule has 1 aromatic heterocycles. The molecule has 0 unspecified atom stereocenters. The van der Waals surface area contributed by atoms with E-state index in [9.17, 15) is 14.4 Å². The van der Waals surface area contributed by atoms with E-state index in [-0.39, 0.29) is 16.9 Å². The van der Waals surface area contributed by atoms with Crippen molar-refractivity contribution in [2.45, 2.75) is 27.3 Å². The Kier molecular flexibility index (Phi) is 6.74. The Morgan fingerprint density at radius 3 is 2.44 bits per heavy atom. The standard InChI is InChI=1S/C25H26BrFN4O3/c1-4-29-14-19(25(34)28-21-6-5-17(26)11-15(21)2)24(33)18-12-20(27)23(13-22(18)29)31-9-7-30(8-10-31)16(3)32/h5-6,11-14H,4,7-10H2,1-3H3,(H,28,34). The minimum atomic E-state index is -0.538. The number of carbonyl (C=O) groups is 2. The maximum Gasteiger partial charge on any atom is 0.261 e. The molecule has 1 N–H and O–H groups in total. The zero-order chi connectivity index (χ0) is 24.6. The fourth-order valence-electron chi connectivity index (χ4n) is 4.28. The van der Waals surface area contributed by atoms with Crippen molar-refractivity contribution in [3.63, 3.8) is 0 Å². The number of nitrogens with zero attached hydrogens (tertiary/aromatic N) is 3. The molecule has 178 valence electrons. The van der Waals surface area contributed by atoms with E-state index in [1.807, 2.05) is 24.8 Å².